The van der Waals surface area contributed by atoms with Gasteiger partial charge in [0, 0.05) is 22.9 Å². The molecule has 1 N–H and O–H groups in total. The molecule has 1 aromatic heterocycles. The first-order chi connectivity index (χ1) is 9.86. The van der Waals surface area contributed by atoms with E-state index in [0.717, 1.165) is 16.9 Å². The fraction of sp³-hybridized carbons (Fsp3) is 0.375. The van der Waals surface area contributed by atoms with Crippen molar-refractivity contribution in [3.63, 3.8) is 0 Å². The Labute approximate surface area is 129 Å². The molecule has 1 aliphatic rings. The lowest BCUT2D eigenvalue weighted by Gasteiger charge is -2.28. The number of halogens is 1. The van der Waals surface area contributed by atoms with Crippen LogP contribution in [0.5, 0.6) is 0 Å². The summed E-state index contributed by atoms with van der Waals surface area (Å²) in [4.78, 5) is 12.1. The average molecular weight is 304 g/mol. The van der Waals surface area contributed by atoms with Gasteiger partial charge in [0.15, 0.2) is 0 Å². The standard InChI is InChI=1S/C16H18ClN3O/c1-16(2,3)20-15-13(9-18-20)12(8-14(21)19-15)10-5-4-6-11(17)7-10/h4-7,9,12H,8H2,1-3H3,(H,19,21). The van der Waals surface area contributed by atoms with Crippen molar-refractivity contribution in [1.82, 2.24) is 9.78 Å². The third-order valence-electron chi connectivity index (χ3n) is 3.71. The second-order valence-corrected chi connectivity index (χ2v) is 6.83. The van der Waals surface area contributed by atoms with E-state index in [1.807, 2.05) is 35.1 Å². The number of amides is 1. The first-order valence-corrected chi connectivity index (χ1v) is 7.38. The van der Waals surface area contributed by atoms with E-state index >= 15 is 0 Å². The summed E-state index contributed by atoms with van der Waals surface area (Å²) in [6.07, 6.45) is 2.27. The van der Waals surface area contributed by atoms with Crippen LogP contribution in [0.3, 0.4) is 0 Å². The summed E-state index contributed by atoms with van der Waals surface area (Å²) in [5, 5.41) is 8.11. The van der Waals surface area contributed by atoms with Crippen LogP contribution >= 0.6 is 11.6 Å². The molecule has 1 atom stereocenters. The van der Waals surface area contributed by atoms with Crippen LogP contribution in [0, 0.1) is 0 Å². The number of benzene rings is 1. The number of nitrogens with one attached hydrogen (secondary N) is 1. The van der Waals surface area contributed by atoms with Gasteiger partial charge in [-0.05, 0) is 38.5 Å². The molecule has 3 rings (SSSR count). The van der Waals surface area contributed by atoms with Gasteiger partial charge < -0.3 is 5.32 Å². The molecular weight excluding hydrogens is 286 g/mol. The van der Waals surface area contributed by atoms with Crippen molar-refractivity contribution >= 4 is 23.3 Å². The molecular formula is C16H18ClN3O. The van der Waals surface area contributed by atoms with Crippen LogP contribution in [0.2, 0.25) is 5.02 Å². The predicted octanol–water partition coefficient (Wildman–Crippen LogP) is 3.77. The number of rotatable bonds is 1. The third kappa shape index (κ3) is 2.56. The van der Waals surface area contributed by atoms with Crippen LogP contribution in [-0.4, -0.2) is 15.7 Å². The first kappa shape index (κ1) is 14.1. The van der Waals surface area contributed by atoms with Gasteiger partial charge in [-0.1, -0.05) is 23.7 Å². The lowest BCUT2D eigenvalue weighted by Crippen LogP contribution is -2.30. The zero-order valence-electron chi connectivity index (χ0n) is 12.4. The Morgan fingerprint density at radius 1 is 1.38 bits per heavy atom. The van der Waals surface area contributed by atoms with Crippen LogP contribution in [0.15, 0.2) is 30.5 Å². The van der Waals surface area contributed by atoms with E-state index in [-0.39, 0.29) is 17.4 Å². The van der Waals surface area contributed by atoms with Crippen LogP contribution in [0.4, 0.5) is 5.82 Å². The monoisotopic (exact) mass is 303 g/mol. The van der Waals surface area contributed by atoms with Crippen molar-refractivity contribution < 1.29 is 4.79 Å². The summed E-state index contributed by atoms with van der Waals surface area (Å²) < 4.78 is 1.87. The van der Waals surface area contributed by atoms with Crippen molar-refractivity contribution in [2.24, 2.45) is 0 Å². The summed E-state index contributed by atoms with van der Waals surface area (Å²) in [5.74, 6) is 0.811. The van der Waals surface area contributed by atoms with Gasteiger partial charge in [0.05, 0.1) is 11.7 Å². The Balaban J connectivity index is 2.11. The predicted molar refractivity (Wildman–Crippen MR) is 83.8 cm³/mol. The molecule has 5 heteroatoms. The van der Waals surface area contributed by atoms with Gasteiger partial charge in [0.1, 0.15) is 5.82 Å². The number of nitrogens with zero attached hydrogens (tertiary/aromatic N) is 2. The minimum atomic E-state index is -0.183. The van der Waals surface area contributed by atoms with Gasteiger partial charge in [0.2, 0.25) is 5.91 Å². The summed E-state index contributed by atoms with van der Waals surface area (Å²) in [5.41, 5.74) is 1.91. The molecule has 0 saturated heterocycles. The van der Waals surface area contributed by atoms with E-state index in [9.17, 15) is 4.79 Å². The van der Waals surface area contributed by atoms with Gasteiger partial charge in [-0.15, -0.1) is 0 Å². The van der Waals surface area contributed by atoms with Gasteiger partial charge in [0.25, 0.3) is 0 Å². The molecule has 0 spiro atoms. The number of hydrogen-bond donors (Lipinski definition) is 1. The molecule has 0 saturated carbocycles. The molecule has 1 amide bonds. The van der Waals surface area contributed by atoms with Crippen LogP contribution < -0.4 is 5.32 Å². The van der Waals surface area contributed by atoms with Crippen LogP contribution in [0.1, 0.15) is 44.2 Å². The first-order valence-electron chi connectivity index (χ1n) is 7.00. The molecule has 0 bridgehead atoms. The second-order valence-electron chi connectivity index (χ2n) is 6.39. The van der Waals surface area contributed by atoms with E-state index in [0.29, 0.717) is 11.4 Å². The summed E-state index contributed by atoms with van der Waals surface area (Å²) in [7, 11) is 0. The molecule has 1 unspecified atom stereocenters. The lowest BCUT2D eigenvalue weighted by atomic mass is 9.87. The van der Waals surface area contributed by atoms with E-state index in [1.165, 1.54) is 0 Å². The van der Waals surface area contributed by atoms with E-state index in [2.05, 4.69) is 31.2 Å². The van der Waals surface area contributed by atoms with Gasteiger partial charge >= 0.3 is 0 Å². The van der Waals surface area contributed by atoms with Crippen molar-refractivity contribution in [2.75, 3.05) is 5.32 Å². The molecule has 2 aromatic rings. The Morgan fingerprint density at radius 2 is 2.14 bits per heavy atom. The van der Waals surface area contributed by atoms with Crippen molar-refractivity contribution in [3.05, 3.63) is 46.6 Å². The van der Waals surface area contributed by atoms with Crippen molar-refractivity contribution in [1.29, 1.82) is 0 Å². The highest BCUT2D eigenvalue weighted by Crippen LogP contribution is 2.39. The zero-order valence-corrected chi connectivity index (χ0v) is 13.1. The van der Waals surface area contributed by atoms with Gasteiger partial charge in [-0.3, -0.25) is 4.79 Å². The van der Waals surface area contributed by atoms with E-state index in [1.54, 1.807) is 0 Å². The largest absolute Gasteiger partial charge is 0.311 e. The molecule has 0 fully saturated rings. The van der Waals surface area contributed by atoms with Crippen molar-refractivity contribution in [2.45, 2.75) is 38.6 Å². The van der Waals surface area contributed by atoms with Gasteiger partial charge in [-0.25, -0.2) is 4.68 Å². The number of carbonyl (C=O) groups excluding carboxylic acids is 1. The third-order valence-corrected chi connectivity index (χ3v) is 3.94. The second kappa shape index (κ2) is 4.88. The average Bonchev–Trinajstić information content (AvgIpc) is 2.81. The topological polar surface area (TPSA) is 46.9 Å². The number of aromatic nitrogens is 2. The summed E-state index contributed by atoms with van der Waals surface area (Å²) in [6, 6.07) is 7.68. The zero-order chi connectivity index (χ0) is 15.2. The molecule has 0 radical (unpaired) electrons. The van der Waals surface area contributed by atoms with Crippen molar-refractivity contribution in [3.8, 4) is 0 Å². The SMILES string of the molecule is CC(C)(C)n1ncc2c1NC(=O)CC2c1cccc(Cl)c1. The van der Waals surface area contributed by atoms with Crippen LogP contribution in [0.25, 0.3) is 0 Å². The lowest BCUT2D eigenvalue weighted by molar-refractivity contribution is -0.116. The van der Waals surface area contributed by atoms with Crippen LogP contribution in [-0.2, 0) is 10.3 Å². The maximum absolute atomic E-state index is 12.1. The molecule has 2 heterocycles. The number of carbonyl (C=O) groups is 1. The minimum absolute atomic E-state index is 0.00329. The minimum Gasteiger partial charge on any atom is -0.311 e. The smallest absolute Gasteiger partial charge is 0.226 e. The van der Waals surface area contributed by atoms with Gasteiger partial charge in [-0.2, -0.15) is 5.10 Å². The van der Waals surface area contributed by atoms with E-state index < -0.39 is 0 Å². The molecule has 4 nitrogen and oxygen atoms in total. The Kier molecular flexibility index (Phi) is 3.29. The number of anilines is 1. The molecule has 0 aliphatic carbocycles. The van der Waals surface area contributed by atoms with E-state index in [4.69, 9.17) is 11.6 Å². The number of hydrogen-bond acceptors (Lipinski definition) is 2. The maximum Gasteiger partial charge on any atom is 0.226 e. The quantitative estimate of drug-likeness (QED) is 0.872. The Hall–Kier alpha value is -1.81. The highest BCUT2D eigenvalue weighted by molar-refractivity contribution is 6.30. The summed E-state index contributed by atoms with van der Waals surface area (Å²) in [6.45, 7) is 6.19. The molecule has 21 heavy (non-hydrogen) atoms. The maximum atomic E-state index is 12.1. The highest BCUT2D eigenvalue weighted by atomic mass is 35.5. The molecule has 110 valence electrons. The normalized spacial score (nSPS) is 18.3. The Morgan fingerprint density at radius 3 is 2.81 bits per heavy atom. The fourth-order valence-electron chi connectivity index (χ4n) is 2.75. The highest BCUT2D eigenvalue weighted by Gasteiger charge is 2.32. The number of fused-ring (bicyclic) bond motifs is 1. The fourth-order valence-corrected chi connectivity index (χ4v) is 2.95. The molecule has 1 aromatic carbocycles. The Bertz CT molecular complexity index is 700. The summed E-state index contributed by atoms with van der Waals surface area (Å²) >= 11 is 6.08. The molecule has 1 aliphatic heterocycles.